The van der Waals surface area contributed by atoms with E-state index >= 15 is 0 Å². The number of rotatable bonds is 3. The first-order chi connectivity index (χ1) is 9.71. The van der Waals surface area contributed by atoms with Crippen molar-refractivity contribution in [2.45, 2.75) is 6.54 Å². The van der Waals surface area contributed by atoms with Gasteiger partial charge in [-0.3, -0.25) is 9.36 Å². The minimum absolute atomic E-state index is 0.0566. The summed E-state index contributed by atoms with van der Waals surface area (Å²) in [6.45, 7) is 3.87. The summed E-state index contributed by atoms with van der Waals surface area (Å²) in [5.41, 5.74) is 0.666. The number of allylic oxidation sites excluding steroid dienone is 1. The Kier molecular flexibility index (Phi) is 4.31. The molecule has 0 unspecified atom stereocenters. The molecule has 0 saturated carbocycles. The van der Waals surface area contributed by atoms with E-state index in [1.165, 1.54) is 15.9 Å². The van der Waals surface area contributed by atoms with Crippen molar-refractivity contribution in [1.29, 1.82) is 10.5 Å². The Bertz CT molecular complexity index is 870. The molecule has 0 aromatic carbocycles. The summed E-state index contributed by atoms with van der Waals surface area (Å²) >= 11 is 2.69. The molecule has 0 aliphatic carbocycles. The lowest BCUT2D eigenvalue weighted by molar-refractivity contribution is 0.775. The van der Waals surface area contributed by atoms with E-state index in [2.05, 4.69) is 6.58 Å². The molecule has 0 aliphatic heterocycles. The SMILES string of the molecule is C=CCn1c(=C(C#N)C#N)s/c(=C/c2ccsc2)c1=O. The molecule has 0 saturated heterocycles. The molecule has 0 N–H and O–H groups in total. The molecule has 0 bridgehead atoms. The molecule has 2 aromatic heterocycles. The Hall–Kier alpha value is -2.41. The summed E-state index contributed by atoms with van der Waals surface area (Å²) in [6.07, 6.45) is 3.33. The third-order valence-corrected chi connectivity index (χ3v) is 4.33. The lowest BCUT2D eigenvalue weighted by Gasteiger charge is -1.94. The topological polar surface area (TPSA) is 69.6 Å². The number of aromatic nitrogens is 1. The second-order valence-electron chi connectivity index (χ2n) is 3.78. The van der Waals surface area contributed by atoms with Gasteiger partial charge in [0.15, 0.2) is 5.57 Å². The van der Waals surface area contributed by atoms with Gasteiger partial charge in [-0.1, -0.05) is 6.08 Å². The van der Waals surface area contributed by atoms with Gasteiger partial charge in [0.05, 0.1) is 4.53 Å². The van der Waals surface area contributed by atoms with Gasteiger partial charge in [-0.05, 0) is 28.5 Å². The highest BCUT2D eigenvalue weighted by atomic mass is 32.1. The maximum absolute atomic E-state index is 12.3. The fourth-order valence-corrected chi connectivity index (χ4v) is 3.31. The molecule has 20 heavy (non-hydrogen) atoms. The molecule has 0 spiro atoms. The lowest BCUT2D eigenvalue weighted by atomic mass is 10.3. The van der Waals surface area contributed by atoms with Crippen LogP contribution in [0.1, 0.15) is 5.56 Å². The van der Waals surface area contributed by atoms with E-state index in [1.54, 1.807) is 12.2 Å². The maximum Gasteiger partial charge on any atom is 0.269 e. The molecule has 0 radical (unpaired) electrons. The summed E-state index contributed by atoms with van der Waals surface area (Å²) in [4.78, 5) is 12.3. The first kappa shape index (κ1) is 14.0. The molecule has 0 fully saturated rings. The van der Waals surface area contributed by atoms with Crippen molar-refractivity contribution in [2.75, 3.05) is 0 Å². The standard InChI is InChI=1S/C14H9N3OS2/c1-2-4-17-13(18)12(6-10-3-5-19-9-10)20-14(17)11(7-15)8-16/h2-3,5-6,9H,1,4H2/b12-6+. The van der Waals surface area contributed by atoms with E-state index in [0.29, 0.717) is 9.20 Å². The van der Waals surface area contributed by atoms with Crippen LogP contribution < -0.4 is 14.8 Å². The van der Waals surface area contributed by atoms with Crippen LogP contribution in [0, 0.1) is 22.7 Å². The van der Waals surface area contributed by atoms with Gasteiger partial charge in [-0.2, -0.15) is 21.9 Å². The molecule has 2 aromatic rings. The monoisotopic (exact) mass is 299 g/mol. The zero-order valence-corrected chi connectivity index (χ0v) is 12.0. The number of nitrogens with zero attached hydrogens (tertiary/aromatic N) is 3. The van der Waals surface area contributed by atoms with Crippen LogP contribution in [-0.2, 0) is 6.54 Å². The molecular weight excluding hydrogens is 290 g/mol. The van der Waals surface area contributed by atoms with Gasteiger partial charge in [0.1, 0.15) is 16.8 Å². The van der Waals surface area contributed by atoms with Crippen molar-refractivity contribution in [1.82, 2.24) is 4.57 Å². The number of nitriles is 2. The third-order valence-electron chi connectivity index (χ3n) is 2.50. The van der Waals surface area contributed by atoms with Crippen molar-refractivity contribution in [2.24, 2.45) is 0 Å². The zero-order valence-electron chi connectivity index (χ0n) is 10.4. The third kappa shape index (κ3) is 2.62. The van der Waals surface area contributed by atoms with Crippen molar-refractivity contribution in [3.8, 4) is 12.1 Å². The zero-order chi connectivity index (χ0) is 14.5. The second kappa shape index (κ2) is 6.16. The maximum atomic E-state index is 12.3. The molecule has 0 amide bonds. The molecule has 0 aliphatic rings. The molecule has 98 valence electrons. The van der Waals surface area contributed by atoms with E-state index in [0.717, 1.165) is 16.9 Å². The van der Waals surface area contributed by atoms with Crippen LogP contribution in [0.3, 0.4) is 0 Å². The van der Waals surface area contributed by atoms with Crippen molar-refractivity contribution in [3.05, 3.63) is 54.6 Å². The van der Waals surface area contributed by atoms with Gasteiger partial charge in [-0.15, -0.1) is 17.9 Å². The molecule has 2 rings (SSSR count). The molecule has 2 heterocycles. The van der Waals surface area contributed by atoms with Crippen molar-refractivity contribution < 1.29 is 0 Å². The molecule has 6 heteroatoms. The number of hydrogen-bond acceptors (Lipinski definition) is 5. The minimum atomic E-state index is -0.209. The number of hydrogen-bond donors (Lipinski definition) is 0. The van der Waals surface area contributed by atoms with Gasteiger partial charge in [0.25, 0.3) is 5.56 Å². The predicted molar refractivity (Wildman–Crippen MR) is 80.5 cm³/mol. The smallest absolute Gasteiger partial charge is 0.269 e. The number of thiazole rings is 1. The Morgan fingerprint density at radius 3 is 2.75 bits per heavy atom. The number of thiophene rings is 1. The molecule has 4 nitrogen and oxygen atoms in total. The van der Waals surface area contributed by atoms with E-state index in [9.17, 15) is 4.79 Å². The van der Waals surface area contributed by atoms with Gasteiger partial charge >= 0.3 is 0 Å². The second-order valence-corrected chi connectivity index (χ2v) is 5.59. The summed E-state index contributed by atoms with van der Waals surface area (Å²) in [7, 11) is 0. The Labute approximate surface area is 123 Å². The first-order valence-corrected chi connectivity index (χ1v) is 7.36. The van der Waals surface area contributed by atoms with Crippen molar-refractivity contribution in [3.63, 3.8) is 0 Å². The summed E-state index contributed by atoms with van der Waals surface area (Å²) in [5.74, 6) is 0. The average Bonchev–Trinajstić information content (AvgIpc) is 3.05. The molecule has 0 atom stereocenters. The van der Waals surface area contributed by atoms with Crippen LogP contribution in [0.5, 0.6) is 0 Å². The fourth-order valence-electron chi connectivity index (χ4n) is 1.63. The predicted octanol–water partition coefficient (Wildman–Crippen LogP) is 1.18. The van der Waals surface area contributed by atoms with Gasteiger partial charge < -0.3 is 0 Å². The van der Waals surface area contributed by atoms with E-state index in [1.807, 2.05) is 29.0 Å². The van der Waals surface area contributed by atoms with E-state index in [-0.39, 0.29) is 17.7 Å². The fraction of sp³-hybridized carbons (Fsp3) is 0.0714. The minimum Gasteiger partial charge on any atom is -0.293 e. The first-order valence-electron chi connectivity index (χ1n) is 5.60. The van der Waals surface area contributed by atoms with Crippen LogP contribution in [0.15, 0.2) is 34.3 Å². The van der Waals surface area contributed by atoms with Crippen LogP contribution in [0.2, 0.25) is 0 Å². The van der Waals surface area contributed by atoms with Gasteiger partial charge in [-0.25, -0.2) is 0 Å². The quantitative estimate of drug-likeness (QED) is 0.799. The largest absolute Gasteiger partial charge is 0.293 e. The average molecular weight is 299 g/mol. The Morgan fingerprint density at radius 2 is 2.20 bits per heavy atom. The van der Waals surface area contributed by atoms with Crippen LogP contribution in [0.25, 0.3) is 11.6 Å². The Morgan fingerprint density at radius 1 is 1.45 bits per heavy atom. The Balaban J connectivity index is 2.84. The lowest BCUT2D eigenvalue weighted by Crippen LogP contribution is -2.31. The highest BCUT2D eigenvalue weighted by Gasteiger charge is 2.07. The van der Waals surface area contributed by atoms with Gasteiger partial charge in [0.2, 0.25) is 0 Å². The van der Waals surface area contributed by atoms with Crippen LogP contribution >= 0.6 is 22.7 Å². The normalized spacial score (nSPS) is 10.8. The highest BCUT2D eigenvalue weighted by Crippen LogP contribution is 2.05. The van der Waals surface area contributed by atoms with Gasteiger partial charge in [0, 0.05) is 6.54 Å². The summed E-state index contributed by atoms with van der Waals surface area (Å²) in [5, 5.41) is 21.8. The van der Waals surface area contributed by atoms with Crippen LogP contribution in [-0.4, -0.2) is 4.57 Å². The highest BCUT2D eigenvalue weighted by molar-refractivity contribution is 7.08. The summed E-state index contributed by atoms with van der Waals surface area (Å²) < 4.78 is 2.28. The van der Waals surface area contributed by atoms with E-state index in [4.69, 9.17) is 10.5 Å². The van der Waals surface area contributed by atoms with E-state index < -0.39 is 0 Å². The summed E-state index contributed by atoms with van der Waals surface area (Å²) in [6, 6.07) is 5.56. The van der Waals surface area contributed by atoms with Crippen LogP contribution in [0.4, 0.5) is 0 Å². The van der Waals surface area contributed by atoms with Crippen molar-refractivity contribution >= 4 is 34.3 Å². The molecular formula is C14H9N3OS2.